The van der Waals surface area contributed by atoms with Crippen LogP contribution in [0.3, 0.4) is 0 Å². The first-order valence-electron chi connectivity index (χ1n) is 3.75. The molecule has 0 bridgehead atoms. The zero-order valence-electron chi connectivity index (χ0n) is 6.73. The standard InChI is InChI=1S/C9H4ClF2IS/c10-7-5(13)2-1-4-3-6(9(11)12)14-8(4)7/h1-3,9H. The number of hydrogen-bond acceptors (Lipinski definition) is 1. The fourth-order valence-corrected chi connectivity index (χ4v) is 3.05. The van der Waals surface area contributed by atoms with E-state index in [9.17, 15) is 8.78 Å². The summed E-state index contributed by atoms with van der Waals surface area (Å²) >= 11 is 9.15. The molecule has 0 fully saturated rings. The van der Waals surface area contributed by atoms with Crippen LogP contribution >= 0.6 is 45.5 Å². The highest BCUT2D eigenvalue weighted by Crippen LogP contribution is 2.38. The summed E-state index contributed by atoms with van der Waals surface area (Å²) in [6.07, 6.45) is -2.42. The van der Waals surface area contributed by atoms with Gasteiger partial charge in [0.2, 0.25) is 0 Å². The van der Waals surface area contributed by atoms with Crippen molar-refractivity contribution in [2.45, 2.75) is 6.43 Å². The Hall–Kier alpha value is 0.0600. The Morgan fingerprint density at radius 3 is 2.71 bits per heavy atom. The molecular formula is C9H4ClF2IS. The van der Waals surface area contributed by atoms with Crippen molar-refractivity contribution < 1.29 is 8.78 Å². The quantitative estimate of drug-likeness (QED) is 0.632. The van der Waals surface area contributed by atoms with Gasteiger partial charge in [-0.3, -0.25) is 0 Å². The van der Waals surface area contributed by atoms with Gasteiger partial charge >= 0.3 is 0 Å². The molecule has 0 spiro atoms. The lowest BCUT2D eigenvalue weighted by atomic mass is 10.2. The average Bonchev–Trinajstić information content (AvgIpc) is 2.56. The predicted molar refractivity (Wildman–Crippen MR) is 64.5 cm³/mol. The second-order valence-electron chi connectivity index (χ2n) is 2.73. The lowest BCUT2D eigenvalue weighted by Gasteiger charge is -1.95. The third-order valence-electron chi connectivity index (χ3n) is 1.81. The van der Waals surface area contributed by atoms with E-state index in [0.29, 0.717) is 5.02 Å². The van der Waals surface area contributed by atoms with Crippen LogP contribution in [0.15, 0.2) is 18.2 Å². The number of thiophene rings is 1. The van der Waals surface area contributed by atoms with Crippen LogP contribution in [0.5, 0.6) is 0 Å². The van der Waals surface area contributed by atoms with Crippen LogP contribution < -0.4 is 0 Å². The molecule has 0 saturated carbocycles. The van der Waals surface area contributed by atoms with Gasteiger partial charge in [0.1, 0.15) is 0 Å². The summed E-state index contributed by atoms with van der Waals surface area (Å²) in [5, 5.41) is 1.36. The largest absolute Gasteiger partial charge is 0.272 e. The fraction of sp³-hybridized carbons (Fsp3) is 0.111. The predicted octanol–water partition coefficient (Wildman–Crippen LogP) is 5.10. The van der Waals surface area contributed by atoms with E-state index in [0.717, 1.165) is 25.0 Å². The molecular weight excluding hydrogens is 341 g/mol. The molecule has 0 amide bonds. The first-order valence-corrected chi connectivity index (χ1v) is 6.02. The Morgan fingerprint density at radius 1 is 1.36 bits per heavy atom. The van der Waals surface area contributed by atoms with Crippen molar-refractivity contribution >= 4 is 55.6 Å². The zero-order chi connectivity index (χ0) is 10.3. The summed E-state index contributed by atoms with van der Waals surface area (Å²) in [5.41, 5.74) is 0. The summed E-state index contributed by atoms with van der Waals surface area (Å²) in [6, 6.07) is 5.13. The number of alkyl halides is 2. The van der Waals surface area contributed by atoms with Crippen molar-refractivity contribution in [3.63, 3.8) is 0 Å². The second kappa shape index (κ2) is 3.90. The molecule has 74 valence electrons. The second-order valence-corrected chi connectivity index (χ2v) is 5.35. The van der Waals surface area contributed by atoms with Crippen molar-refractivity contribution in [1.82, 2.24) is 0 Å². The van der Waals surface area contributed by atoms with Crippen LogP contribution in [-0.2, 0) is 0 Å². The number of halogens is 4. The lowest BCUT2D eigenvalue weighted by Crippen LogP contribution is -1.72. The fourth-order valence-electron chi connectivity index (χ4n) is 1.17. The van der Waals surface area contributed by atoms with E-state index >= 15 is 0 Å². The van der Waals surface area contributed by atoms with E-state index in [-0.39, 0.29) is 4.88 Å². The summed E-state index contributed by atoms with van der Waals surface area (Å²) in [5.74, 6) is 0. The van der Waals surface area contributed by atoms with Crippen LogP contribution in [0, 0.1) is 3.57 Å². The molecule has 0 aliphatic heterocycles. The summed E-state index contributed by atoms with van der Waals surface area (Å²) in [7, 11) is 0. The van der Waals surface area contributed by atoms with Gasteiger partial charge in [-0.2, -0.15) is 0 Å². The SMILES string of the molecule is FC(F)c1cc2ccc(I)c(Cl)c2s1. The molecule has 14 heavy (non-hydrogen) atoms. The molecule has 0 aliphatic rings. The van der Waals surface area contributed by atoms with Crippen LogP contribution in [-0.4, -0.2) is 0 Å². The minimum Gasteiger partial charge on any atom is -0.204 e. The van der Waals surface area contributed by atoms with Crippen LogP contribution in [0.2, 0.25) is 5.02 Å². The third kappa shape index (κ3) is 1.75. The highest BCUT2D eigenvalue weighted by atomic mass is 127. The number of rotatable bonds is 1. The molecule has 0 unspecified atom stereocenters. The van der Waals surface area contributed by atoms with Crippen molar-refractivity contribution in [2.75, 3.05) is 0 Å². The first-order chi connectivity index (χ1) is 6.59. The number of hydrogen-bond donors (Lipinski definition) is 0. The maximum absolute atomic E-state index is 12.4. The Bertz CT molecular complexity index is 481. The van der Waals surface area contributed by atoms with Crippen molar-refractivity contribution in [2.24, 2.45) is 0 Å². The highest BCUT2D eigenvalue weighted by Gasteiger charge is 2.13. The van der Waals surface area contributed by atoms with Gasteiger partial charge < -0.3 is 0 Å². The summed E-state index contributed by atoms with van der Waals surface area (Å²) in [6.45, 7) is 0. The van der Waals surface area contributed by atoms with Gasteiger partial charge in [-0.1, -0.05) is 17.7 Å². The molecule has 1 aromatic carbocycles. The minimum absolute atomic E-state index is 0.0731. The van der Waals surface area contributed by atoms with E-state index in [1.54, 1.807) is 0 Å². The van der Waals surface area contributed by atoms with Gasteiger partial charge in [-0.15, -0.1) is 11.3 Å². The van der Waals surface area contributed by atoms with E-state index < -0.39 is 6.43 Å². The normalized spacial score (nSPS) is 11.5. The molecule has 5 heteroatoms. The van der Waals surface area contributed by atoms with Gasteiger partial charge in [0.15, 0.2) is 0 Å². The Kier molecular flexibility index (Phi) is 2.95. The average molecular weight is 345 g/mol. The third-order valence-corrected chi connectivity index (χ3v) is 4.71. The Balaban J connectivity index is 2.71. The molecule has 2 aromatic rings. The molecule has 0 saturated heterocycles. The van der Waals surface area contributed by atoms with Crippen LogP contribution in [0.4, 0.5) is 8.78 Å². The minimum atomic E-state index is -2.42. The van der Waals surface area contributed by atoms with Crippen molar-refractivity contribution in [3.05, 3.63) is 31.7 Å². The van der Waals surface area contributed by atoms with Gasteiger partial charge in [0.25, 0.3) is 6.43 Å². The van der Waals surface area contributed by atoms with Gasteiger partial charge in [0.05, 0.1) is 14.6 Å². The van der Waals surface area contributed by atoms with Crippen LogP contribution in [0.25, 0.3) is 10.1 Å². The maximum atomic E-state index is 12.4. The monoisotopic (exact) mass is 344 g/mol. The Labute approximate surface area is 102 Å². The Morgan fingerprint density at radius 2 is 2.07 bits per heavy atom. The smallest absolute Gasteiger partial charge is 0.204 e. The molecule has 1 heterocycles. The van der Waals surface area contributed by atoms with Crippen LogP contribution in [0.1, 0.15) is 11.3 Å². The van der Waals surface area contributed by atoms with Gasteiger partial charge in [-0.05, 0) is 40.1 Å². The van der Waals surface area contributed by atoms with E-state index in [2.05, 4.69) is 22.6 Å². The van der Waals surface area contributed by atoms with Crippen molar-refractivity contribution in [3.8, 4) is 0 Å². The topological polar surface area (TPSA) is 0 Å². The maximum Gasteiger partial charge on any atom is 0.272 e. The molecule has 0 atom stereocenters. The van der Waals surface area contributed by atoms with Gasteiger partial charge in [-0.25, -0.2) is 8.78 Å². The van der Waals surface area contributed by atoms with E-state index in [4.69, 9.17) is 11.6 Å². The molecule has 2 rings (SSSR count). The van der Waals surface area contributed by atoms with E-state index in [1.165, 1.54) is 6.07 Å². The molecule has 0 radical (unpaired) electrons. The first kappa shape index (κ1) is 10.6. The lowest BCUT2D eigenvalue weighted by molar-refractivity contribution is 0.156. The van der Waals surface area contributed by atoms with E-state index in [1.807, 2.05) is 12.1 Å². The molecule has 0 N–H and O–H groups in total. The zero-order valence-corrected chi connectivity index (χ0v) is 10.5. The molecule has 1 aromatic heterocycles. The molecule has 0 nitrogen and oxygen atoms in total. The summed E-state index contributed by atoms with van der Waals surface area (Å²) < 4.78 is 26.4. The van der Waals surface area contributed by atoms with Gasteiger partial charge in [0, 0.05) is 3.57 Å². The molecule has 0 aliphatic carbocycles. The van der Waals surface area contributed by atoms with Crippen molar-refractivity contribution in [1.29, 1.82) is 0 Å². The number of benzene rings is 1. The highest BCUT2D eigenvalue weighted by molar-refractivity contribution is 14.1. The summed E-state index contributed by atoms with van der Waals surface area (Å²) in [4.78, 5) is 0.0731. The number of fused-ring (bicyclic) bond motifs is 1.